The number of carbonyl (C=O) groups is 1. The molecular weight excluding hydrogens is 277 g/mol. The number of benzene rings is 1. The molecule has 6 heteroatoms. The maximum atomic E-state index is 12.0. The zero-order chi connectivity index (χ0) is 15.2. The number of hydrogen-bond donors (Lipinski definition) is 2. The van der Waals surface area contributed by atoms with Gasteiger partial charge in [0.1, 0.15) is 5.70 Å². The molecule has 0 aromatic heterocycles. The molecule has 0 fully saturated rings. The Hall–Kier alpha value is -1.58. The summed E-state index contributed by atoms with van der Waals surface area (Å²) in [5.74, 6) is -0.544. The van der Waals surface area contributed by atoms with Crippen LogP contribution < -0.4 is 5.32 Å². The van der Waals surface area contributed by atoms with Crippen molar-refractivity contribution in [2.75, 3.05) is 18.1 Å². The van der Waals surface area contributed by atoms with Gasteiger partial charge in [0, 0.05) is 18.5 Å². The van der Waals surface area contributed by atoms with Crippen LogP contribution in [0.15, 0.2) is 42.1 Å². The molecule has 1 aromatic rings. The monoisotopic (exact) mass is 297 g/mol. The first-order chi connectivity index (χ1) is 9.28. The molecule has 0 aliphatic heterocycles. The number of allylic oxidation sites excluding steroid dienone is 1. The first kappa shape index (κ1) is 16.5. The van der Waals surface area contributed by atoms with Crippen LogP contribution in [0.2, 0.25) is 0 Å². The van der Waals surface area contributed by atoms with Crippen molar-refractivity contribution in [1.82, 2.24) is 0 Å². The minimum absolute atomic E-state index is 0.0879. The van der Waals surface area contributed by atoms with E-state index in [0.717, 1.165) is 0 Å². The highest BCUT2D eigenvalue weighted by atomic mass is 31.2. The maximum Gasteiger partial charge on any atom is 0.354 e. The summed E-state index contributed by atoms with van der Waals surface area (Å²) in [5.41, 5.74) is 0.879. The van der Waals surface area contributed by atoms with Gasteiger partial charge in [0.05, 0.1) is 6.10 Å². The molecule has 0 aliphatic rings. The summed E-state index contributed by atoms with van der Waals surface area (Å²) in [7, 11) is -3.22. The molecule has 5 nitrogen and oxygen atoms in total. The third-order valence-electron chi connectivity index (χ3n) is 2.25. The van der Waals surface area contributed by atoms with Crippen molar-refractivity contribution in [2.24, 2.45) is 0 Å². The minimum Gasteiger partial charge on any atom is -0.458 e. The van der Waals surface area contributed by atoms with Crippen LogP contribution in [0, 0.1) is 0 Å². The van der Waals surface area contributed by atoms with Gasteiger partial charge >= 0.3 is 5.97 Å². The van der Waals surface area contributed by atoms with Crippen LogP contribution in [0.3, 0.4) is 0 Å². The molecule has 0 saturated carbocycles. The summed E-state index contributed by atoms with van der Waals surface area (Å²) in [6.45, 7) is 4.74. The second kappa shape index (κ2) is 7.27. The lowest BCUT2D eigenvalue weighted by molar-refractivity contribution is -0.142. The topological polar surface area (TPSA) is 75.6 Å². The molecule has 0 heterocycles. The van der Waals surface area contributed by atoms with Crippen molar-refractivity contribution in [3.63, 3.8) is 0 Å². The number of esters is 1. The Morgan fingerprint density at radius 3 is 2.50 bits per heavy atom. The van der Waals surface area contributed by atoms with Gasteiger partial charge in [-0.15, -0.1) is 0 Å². The number of anilines is 1. The van der Waals surface area contributed by atoms with Gasteiger partial charge in [-0.25, -0.2) is 4.79 Å². The first-order valence-electron chi connectivity index (χ1n) is 6.30. The fourth-order valence-corrected chi connectivity index (χ4v) is 1.92. The predicted octanol–water partition coefficient (Wildman–Crippen LogP) is 2.83. The van der Waals surface area contributed by atoms with Gasteiger partial charge in [0.15, 0.2) is 0 Å². The molecule has 2 N–H and O–H groups in total. The molecular formula is C14H20NO4P. The fraction of sp³-hybridized carbons (Fsp3) is 0.357. The van der Waals surface area contributed by atoms with E-state index in [1.165, 1.54) is 12.7 Å². The molecule has 20 heavy (non-hydrogen) atoms. The first-order valence-corrected chi connectivity index (χ1v) is 8.59. The highest BCUT2D eigenvalue weighted by molar-refractivity contribution is 7.57. The number of carbonyl (C=O) groups excluding carboxylic acids is 1. The Kier molecular flexibility index (Phi) is 5.99. The zero-order valence-electron chi connectivity index (χ0n) is 11.9. The summed E-state index contributed by atoms with van der Waals surface area (Å²) in [5, 5.41) is 2.91. The van der Waals surface area contributed by atoms with Crippen LogP contribution in [-0.4, -0.2) is 29.8 Å². The molecule has 0 aliphatic carbocycles. The van der Waals surface area contributed by atoms with Crippen molar-refractivity contribution in [3.8, 4) is 0 Å². The second-order valence-electron chi connectivity index (χ2n) is 4.80. The van der Waals surface area contributed by atoms with Crippen LogP contribution >= 0.6 is 7.37 Å². The maximum absolute atomic E-state index is 12.0. The molecule has 0 amide bonds. The average molecular weight is 297 g/mol. The van der Waals surface area contributed by atoms with E-state index in [2.05, 4.69) is 5.32 Å². The van der Waals surface area contributed by atoms with Crippen molar-refractivity contribution in [2.45, 2.75) is 20.0 Å². The van der Waals surface area contributed by atoms with Crippen LogP contribution in [0.1, 0.15) is 13.8 Å². The lowest BCUT2D eigenvalue weighted by atomic mass is 10.3. The highest BCUT2D eigenvalue weighted by Crippen LogP contribution is 2.35. The smallest absolute Gasteiger partial charge is 0.354 e. The SMILES string of the molecule is CC(C)OC(=O)/C(=C/CP(C)(=O)O)Nc1ccccc1. The summed E-state index contributed by atoms with van der Waals surface area (Å²) in [4.78, 5) is 21.3. The standard InChI is InChI=1S/C14H20NO4P/c1-11(2)19-14(16)13(9-10-20(3,17)18)15-12-7-5-4-6-8-12/h4-9,11,15H,10H2,1-3H3,(H,17,18)/b13-9-. The quantitative estimate of drug-likeness (QED) is 0.480. The zero-order valence-corrected chi connectivity index (χ0v) is 12.8. The Balaban J connectivity index is 2.89. The van der Waals surface area contributed by atoms with Gasteiger partial charge in [-0.3, -0.25) is 4.57 Å². The number of para-hydroxylation sites is 1. The third-order valence-corrected chi connectivity index (χ3v) is 3.11. The van der Waals surface area contributed by atoms with Crippen molar-refractivity contribution < 1.29 is 19.0 Å². The Morgan fingerprint density at radius 2 is 2.00 bits per heavy atom. The van der Waals surface area contributed by atoms with Gasteiger partial charge < -0.3 is 14.9 Å². The van der Waals surface area contributed by atoms with E-state index in [1.807, 2.05) is 18.2 Å². The Bertz CT molecular complexity index is 519. The normalized spacial score (nSPS) is 14.8. The van der Waals surface area contributed by atoms with Crippen LogP contribution in [0.25, 0.3) is 0 Å². The molecule has 0 radical (unpaired) electrons. The van der Waals surface area contributed by atoms with E-state index in [9.17, 15) is 14.3 Å². The summed E-state index contributed by atoms with van der Waals surface area (Å²) >= 11 is 0. The molecule has 1 atom stereocenters. The average Bonchev–Trinajstić information content (AvgIpc) is 2.33. The molecule has 0 spiro atoms. The minimum atomic E-state index is -3.22. The Labute approximate surface area is 119 Å². The summed E-state index contributed by atoms with van der Waals surface area (Å²) in [6, 6.07) is 9.09. The van der Waals surface area contributed by atoms with Crippen molar-refractivity contribution in [3.05, 3.63) is 42.1 Å². The molecule has 0 bridgehead atoms. The van der Waals surface area contributed by atoms with E-state index in [4.69, 9.17) is 4.74 Å². The molecule has 1 aromatic carbocycles. The molecule has 0 saturated heterocycles. The van der Waals surface area contributed by atoms with E-state index in [1.54, 1.807) is 26.0 Å². The lowest BCUT2D eigenvalue weighted by Gasteiger charge is -2.13. The Morgan fingerprint density at radius 1 is 1.40 bits per heavy atom. The van der Waals surface area contributed by atoms with Crippen LogP contribution in [0.4, 0.5) is 5.69 Å². The van der Waals surface area contributed by atoms with Gasteiger partial charge in [-0.2, -0.15) is 0 Å². The fourth-order valence-electron chi connectivity index (χ4n) is 1.40. The number of ether oxygens (including phenoxy) is 1. The van der Waals surface area contributed by atoms with Crippen molar-refractivity contribution in [1.29, 1.82) is 0 Å². The van der Waals surface area contributed by atoms with Gasteiger partial charge in [-0.1, -0.05) is 18.2 Å². The summed E-state index contributed by atoms with van der Waals surface area (Å²) < 4.78 is 16.5. The predicted molar refractivity (Wildman–Crippen MR) is 80.0 cm³/mol. The van der Waals surface area contributed by atoms with Crippen molar-refractivity contribution >= 4 is 19.0 Å². The summed E-state index contributed by atoms with van der Waals surface area (Å²) in [6.07, 6.45) is 1.06. The largest absolute Gasteiger partial charge is 0.458 e. The molecule has 1 rings (SSSR count). The second-order valence-corrected chi connectivity index (χ2v) is 7.26. The molecule has 110 valence electrons. The van der Waals surface area contributed by atoms with Gasteiger partial charge in [0.25, 0.3) is 0 Å². The van der Waals surface area contributed by atoms with E-state index in [-0.39, 0.29) is 18.0 Å². The van der Waals surface area contributed by atoms with E-state index >= 15 is 0 Å². The van der Waals surface area contributed by atoms with Gasteiger partial charge in [0.2, 0.25) is 7.37 Å². The number of rotatable bonds is 6. The van der Waals surface area contributed by atoms with Crippen LogP contribution in [0.5, 0.6) is 0 Å². The van der Waals surface area contributed by atoms with E-state index < -0.39 is 13.3 Å². The highest BCUT2D eigenvalue weighted by Gasteiger charge is 2.15. The third kappa shape index (κ3) is 6.55. The number of hydrogen-bond acceptors (Lipinski definition) is 4. The van der Waals surface area contributed by atoms with Crippen LogP contribution in [-0.2, 0) is 14.1 Å². The lowest BCUT2D eigenvalue weighted by Crippen LogP contribution is -2.19. The van der Waals surface area contributed by atoms with Gasteiger partial charge in [-0.05, 0) is 32.1 Å². The van der Waals surface area contributed by atoms with E-state index in [0.29, 0.717) is 5.69 Å². The molecule has 1 unspecified atom stereocenters. The number of nitrogens with one attached hydrogen (secondary N) is 1.